The molecule has 4 rings (SSSR count). The Balaban J connectivity index is 1.44. The van der Waals surface area contributed by atoms with Gasteiger partial charge in [-0.25, -0.2) is 4.98 Å². The molecule has 29 heavy (non-hydrogen) atoms. The third kappa shape index (κ3) is 4.66. The van der Waals surface area contributed by atoms with Crippen molar-refractivity contribution in [2.75, 3.05) is 13.1 Å². The molecule has 2 aromatic rings. The normalized spacial score (nSPS) is 22.2. The lowest BCUT2D eigenvalue weighted by Gasteiger charge is -2.18. The van der Waals surface area contributed by atoms with Crippen molar-refractivity contribution < 1.29 is 9.59 Å². The van der Waals surface area contributed by atoms with Crippen LogP contribution in [0.5, 0.6) is 0 Å². The van der Waals surface area contributed by atoms with Gasteiger partial charge in [0, 0.05) is 25.1 Å². The van der Waals surface area contributed by atoms with Crippen molar-refractivity contribution >= 4 is 11.8 Å². The molecule has 0 radical (unpaired) electrons. The minimum atomic E-state index is -0.201. The molecule has 0 spiro atoms. The van der Waals surface area contributed by atoms with E-state index in [0.717, 1.165) is 12.2 Å². The van der Waals surface area contributed by atoms with Crippen molar-refractivity contribution in [3.63, 3.8) is 0 Å². The van der Waals surface area contributed by atoms with Gasteiger partial charge in [-0.05, 0) is 31.4 Å². The van der Waals surface area contributed by atoms with E-state index in [1.165, 1.54) is 25.7 Å². The van der Waals surface area contributed by atoms with Crippen LogP contribution in [0.15, 0.2) is 30.3 Å². The molecule has 7 heteroatoms. The molecule has 2 unspecified atom stereocenters. The van der Waals surface area contributed by atoms with E-state index in [2.05, 4.69) is 20.5 Å². The first kappa shape index (κ1) is 19.6. The number of H-pyrrole nitrogens is 1. The van der Waals surface area contributed by atoms with Crippen LogP contribution in [0.1, 0.15) is 66.4 Å². The van der Waals surface area contributed by atoms with Crippen molar-refractivity contribution in [3.8, 4) is 0 Å². The summed E-state index contributed by atoms with van der Waals surface area (Å²) in [5.74, 6) is 2.02. The summed E-state index contributed by atoms with van der Waals surface area (Å²) in [6, 6.07) is 8.96. The molecule has 2 amide bonds. The fourth-order valence-electron chi connectivity index (χ4n) is 4.57. The number of aromatic nitrogens is 3. The van der Waals surface area contributed by atoms with Gasteiger partial charge in [-0.3, -0.25) is 14.7 Å². The summed E-state index contributed by atoms with van der Waals surface area (Å²) in [4.78, 5) is 31.9. The Morgan fingerprint density at radius 1 is 1.17 bits per heavy atom. The van der Waals surface area contributed by atoms with E-state index < -0.39 is 0 Å². The molecule has 7 nitrogen and oxygen atoms in total. The van der Waals surface area contributed by atoms with Gasteiger partial charge in [-0.15, -0.1) is 0 Å². The molecule has 2 fully saturated rings. The molecule has 0 bridgehead atoms. The Labute approximate surface area is 171 Å². The quantitative estimate of drug-likeness (QED) is 0.787. The van der Waals surface area contributed by atoms with E-state index in [4.69, 9.17) is 0 Å². The Morgan fingerprint density at radius 2 is 1.93 bits per heavy atom. The standard InChI is InChI=1S/C22H29N5O2/c1-15-23-21(26-25-15)18-13-27(20(28)12-11-16-7-5-6-8-16)14-19(18)24-22(29)17-9-3-2-4-10-17/h2-4,9-10,16,18-19H,5-8,11-14H2,1H3,(H,24,29)(H,23,25,26). The lowest BCUT2D eigenvalue weighted by molar-refractivity contribution is -0.130. The van der Waals surface area contributed by atoms with Crippen LogP contribution in [0, 0.1) is 12.8 Å². The highest BCUT2D eigenvalue weighted by Crippen LogP contribution is 2.30. The van der Waals surface area contributed by atoms with E-state index in [1.807, 2.05) is 30.0 Å². The van der Waals surface area contributed by atoms with Crippen LogP contribution in [-0.4, -0.2) is 51.0 Å². The maximum Gasteiger partial charge on any atom is 0.251 e. The number of amides is 2. The van der Waals surface area contributed by atoms with Crippen molar-refractivity contribution in [2.45, 2.75) is 57.4 Å². The molecule has 1 aliphatic heterocycles. The summed E-state index contributed by atoms with van der Waals surface area (Å²) in [7, 11) is 0. The number of likely N-dealkylation sites (tertiary alicyclic amines) is 1. The van der Waals surface area contributed by atoms with Crippen molar-refractivity contribution in [2.24, 2.45) is 5.92 Å². The molecule has 2 atom stereocenters. The first-order chi connectivity index (χ1) is 14.1. The number of nitrogens with one attached hydrogen (secondary N) is 2. The molecular weight excluding hydrogens is 366 g/mol. The van der Waals surface area contributed by atoms with E-state index in [-0.39, 0.29) is 23.8 Å². The van der Waals surface area contributed by atoms with Crippen LogP contribution in [0.25, 0.3) is 0 Å². The highest BCUT2D eigenvalue weighted by Gasteiger charge is 2.39. The summed E-state index contributed by atoms with van der Waals surface area (Å²) in [6.07, 6.45) is 6.65. The maximum absolute atomic E-state index is 12.9. The Kier molecular flexibility index (Phi) is 5.92. The zero-order chi connectivity index (χ0) is 20.2. The lowest BCUT2D eigenvalue weighted by atomic mass is 10.0. The summed E-state index contributed by atoms with van der Waals surface area (Å²) in [5.41, 5.74) is 0.614. The molecule has 2 N–H and O–H groups in total. The van der Waals surface area contributed by atoms with Gasteiger partial charge in [0.25, 0.3) is 5.91 Å². The van der Waals surface area contributed by atoms with Crippen molar-refractivity contribution in [1.29, 1.82) is 0 Å². The highest BCUT2D eigenvalue weighted by molar-refractivity contribution is 5.94. The van der Waals surface area contributed by atoms with Crippen LogP contribution >= 0.6 is 0 Å². The van der Waals surface area contributed by atoms with Crippen LogP contribution in [0.2, 0.25) is 0 Å². The second-order valence-corrected chi connectivity index (χ2v) is 8.32. The van der Waals surface area contributed by atoms with Gasteiger partial charge in [0.15, 0.2) is 5.82 Å². The van der Waals surface area contributed by atoms with Crippen LogP contribution in [-0.2, 0) is 4.79 Å². The minimum Gasteiger partial charge on any atom is -0.347 e. The molecule has 2 aliphatic rings. The van der Waals surface area contributed by atoms with E-state index in [1.54, 1.807) is 12.1 Å². The maximum atomic E-state index is 12.9. The predicted octanol–water partition coefficient (Wildman–Crippen LogP) is 2.81. The second-order valence-electron chi connectivity index (χ2n) is 8.32. The molecule has 154 valence electrons. The summed E-state index contributed by atoms with van der Waals surface area (Å²) < 4.78 is 0. The second kappa shape index (κ2) is 8.76. The molecule has 1 aromatic heterocycles. The number of aromatic amines is 1. The van der Waals surface area contributed by atoms with E-state index in [0.29, 0.717) is 36.8 Å². The summed E-state index contributed by atoms with van der Waals surface area (Å²) in [6.45, 7) is 2.90. The summed E-state index contributed by atoms with van der Waals surface area (Å²) >= 11 is 0. The van der Waals surface area contributed by atoms with Crippen molar-refractivity contribution in [3.05, 3.63) is 47.5 Å². The third-order valence-electron chi connectivity index (χ3n) is 6.21. The zero-order valence-corrected chi connectivity index (χ0v) is 16.9. The van der Waals surface area contributed by atoms with Gasteiger partial charge in [-0.1, -0.05) is 43.9 Å². The van der Waals surface area contributed by atoms with Gasteiger partial charge < -0.3 is 10.2 Å². The number of benzene rings is 1. The number of nitrogens with zero attached hydrogens (tertiary/aromatic N) is 3. The number of carbonyl (C=O) groups is 2. The topological polar surface area (TPSA) is 91.0 Å². The Bertz CT molecular complexity index is 844. The van der Waals surface area contributed by atoms with Crippen LogP contribution in [0.3, 0.4) is 0 Å². The van der Waals surface area contributed by atoms with Gasteiger partial charge in [0.1, 0.15) is 5.82 Å². The fourth-order valence-corrected chi connectivity index (χ4v) is 4.57. The molecular formula is C22H29N5O2. The number of rotatable bonds is 6. The van der Waals surface area contributed by atoms with E-state index in [9.17, 15) is 9.59 Å². The largest absolute Gasteiger partial charge is 0.347 e. The van der Waals surface area contributed by atoms with Gasteiger partial charge in [-0.2, -0.15) is 5.10 Å². The molecule has 1 aromatic carbocycles. The predicted molar refractivity (Wildman–Crippen MR) is 109 cm³/mol. The van der Waals surface area contributed by atoms with Gasteiger partial charge in [0.05, 0.1) is 12.0 Å². The molecule has 1 saturated heterocycles. The third-order valence-corrected chi connectivity index (χ3v) is 6.21. The molecule has 2 heterocycles. The van der Waals surface area contributed by atoms with Gasteiger partial charge >= 0.3 is 0 Å². The Hall–Kier alpha value is -2.70. The highest BCUT2D eigenvalue weighted by atomic mass is 16.2. The number of hydrogen-bond acceptors (Lipinski definition) is 4. The van der Waals surface area contributed by atoms with Crippen LogP contribution in [0.4, 0.5) is 0 Å². The lowest BCUT2D eigenvalue weighted by Crippen LogP contribution is -2.40. The van der Waals surface area contributed by atoms with Crippen LogP contribution < -0.4 is 5.32 Å². The number of carbonyl (C=O) groups excluding carboxylic acids is 2. The number of aryl methyl sites for hydroxylation is 1. The molecule has 1 aliphatic carbocycles. The van der Waals surface area contributed by atoms with Crippen molar-refractivity contribution in [1.82, 2.24) is 25.4 Å². The fraction of sp³-hybridized carbons (Fsp3) is 0.545. The monoisotopic (exact) mass is 395 g/mol. The minimum absolute atomic E-state index is 0.108. The smallest absolute Gasteiger partial charge is 0.251 e. The molecule has 1 saturated carbocycles. The first-order valence-corrected chi connectivity index (χ1v) is 10.6. The van der Waals surface area contributed by atoms with E-state index >= 15 is 0 Å². The Morgan fingerprint density at radius 3 is 2.62 bits per heavy atom. The average Bonchev–Trinajstić information content (AvgIpc) is 3.48. The SMILES string of the molecule is Cc1nc(C2CN(C(=O)CCC3CCCC3)CC2NC(=O)c2ccccc2)n[nH]1. The zero-order valence-electron chi connectivity index (χ0n) is 16.9. The average molecular weight is 396 g/mol. The number of hydrogen-bond donors (Lipinski definition) is 2. The van der Waals surface area contributed by atoms with Gasteiger partial charge in [0.2, 0.25) is 5.91 Å². The first-order valence-electron chi connectivity index (χ1n) is 10.6. The summed E-state index contributed by atoms with van der Waals surface area (Å²) in [5, 5.41) is 10.3.